The summed E-state index contributed by atoms with van der Waals surface area (Å²) in [6.07, 6.45) is 1.28. The first-order valence-electron chi connectivity index (χ1n) is 9.89. The van der Waals surface area contributed by atoms with Crippen molar-refractivity contribution < 1.29 is 14.3 Å². The Morgan fingerprint density at radius 2 is 1.82 bits per heavy atom. The molecule has 2 aliphatic rings. The lowest BCUT2D eigenvalue weighted by atomic mass is 9.88. The number of likely N-dealkylation sites (tertiary alicyclic amines) is 2. The van der Waals surface area contributed by atoms with Crippen LogP contribution in [0, 0.1) is 11.8 Å². The van der Waals surface area contributed by atoms with Crippen molar-refractivity contribution in [2.75, 3.05) is 26.7 Å². The van der Waals surface area contributed by atoms with Gasteiger partial charge in [-0.2, -0.15) is 0 Å². The quantitative estimate of drug-likeness (QED) is 0.804. The van der Waals surface area contributed by atoms with Crippen LogP contribution in [0.2, 0.25) is 0 Å². The zero-order valence-electron chi connectivity index (χ0n) is 16.2. The van der Waals surface area contributed by atoms with Crippen LogP contribution in [-0.2, 0) is 22.6 Å². The first-order valence-corrected chi connectivity index (χ1v) is 9.89. The molecule has 0 aliphatic carbocycles. The third kappa shape index (κ3) is 3.88. The van der Waals surface area contributed by atoms with Gasteiger partial charge in [-0.3, -0.25) is 9.59 Å². The molecule has 2 heterocycles. The Morgan fingerprint density at radius 1 is 1.07 bits per heavy atom. The minimum atomic E-state index is -0.0349. The summed E-state index contributed by atoms with van der Waals surface area (Å²) in [4.78, 5) is 28.9. The standard InChI is InChI=1S/C23H26N2O3/c1-24-12-11-19-14-25(15-20(19)23(24)27)22(26)13-18-9-5-6-10-21(18)28-16-17-7-3-2-4-8-17/h2-10,19-20H,11-16H2,1H3/t19-,20+/m1/s1. The molecule has 28 heavy (non-hydrogen) atoms. The lowest BCUT2D eigenvalue weighted by Gasteiger charge is -2.30. The predicted octanol–water partition coefficient (Wildman–Crippen LogP) is 2.74. The van der Waals surface area contributed by atoms with E-state index >= 15 is 0 Å². The smallest absolute Gasteiger partial charge is 0.227 e. The summed E-state index contributed by atoms with van der Waals surface area (Å²) in [6, 6.07) is 17.7. The number of nitrogens with zero attached hydrogens (tertiary/aromatic N) is 2. The molecular formula is C23H26N2O3. The van der Waals surface area contributed by atoms with Gasteiger partial charge in [0.15, 0.2) is 0 Å². The van der Waals surface area contributed by atoms with Crippen LogP contribution < -0.4 is 4.74 Å². The van der Waals surface area contributed by atoms with E-state index in [1.165, 1.54) is 0 Å². The van der Waals surface area contributed by atoms with Crippen molar-refractivity contribution in [2.24, 2.45) is 11.8 Å². The van der Waals surface area contributed by atoms with Crippen LogP contribution in [0.3, 0.4) is 0 Å². The molecule has 0 aromatic heterocycles. The van der Waals surface area contributed by atoms with E-state index < -0.39 is 0 Å². The highest BCUT2D eigenvalue weighted by atomic mass is 16.5. The van der Waals surface area contributed by atoms with Crippen LogP contribution in [0.5, 0.6) is 5.75 Å². The Balaban J connectivity index is 1.40. The van der Waals surface area contributed by atoms with Gasteiger partial charge in [-0.1, -0.05) is 48.5 Å². The minimum absolute atomic E-state index is 0.0349. The van der Waals surface area contributed by atoms with Crippen LogP contribution in [0.1, 0.15) is 17.5 Å². The van der Waals surface area contributed by atoms with Gasteiger partial charge in [-0.25, -0.2) is 0 Å². The Morgan fingerprint density at radius 3 is 2.64 bits per heavy atom. The van der Waals surface area contributed by atoms with Gasteiger partial charge in [-0.05, 0) is 24.0 Å². The van der Waals surface area contributed by atoms with Crippen molar-refractivity contribution in [3.8, 4) is 5.75 Å². The summed E-state index contributed by atoms with van der Waals surface area (Å²) in [5, 5.41) is 0. The Kier molecular flexibility index (Phi) is 5.33. The molecule has 2 atom stereocenters. The van der Waals surface area contributed by atoms with Gasteiger partial charge >= 0.3 is 0 Å². The molecule has 0 N–H and O–H groups in total. The summed E-state index contributed by atoms with van der Waals surface area (Å²) in [5.41, 5.74) is 1.98. The zero-order valence-corrected chi connectivity index (χ0v) is 16.2. The average molecular weight is 378 g/mol. The highest BCUT2D eigenvalue weighted by molar-refractivity contribution is 5.84. The fraction of sp³-hybridized carbons (Fsp3) is 0.391. The van der Waals surface area contributed by atoms with Crippen molar-refractivity contribution in [1.29, 1.82) is 0 Å². The van der Waals surface area contributed by atoms with Gasteiger partial charge in [0.1, 0.15) is 12.4 Å². The second kappa shape index (κ2) is 8.05. The molecular weight excluding hydrogens is 352 g/mol. The summed E-state index contributed by atoms with van der Waals surface area (Å²) in [5.74, 6) is 1.26. The van der Waals surface area contributed by atoms with E-state index in [1.807, 2.05) is 66.5 Å². The Hall–Kier alpha value is -2.82. The number of rotatable bonds is 5. The third-order valence-corrected chi connectivity index (χ3v) is 5.87. The number of hydrogen-bond acceptors (Lipinski definition) is 3. The molecule has 146 valence electrons. The van der Waals surface area contributed by atoms with Crippen molar-refractivity contribution in [1.82, 2.24) is 9.80 Å². The number of fused-ring (bicyclic) bond motifs is 1. The summed E-state index contributed by atoms with van der Waals surface area (Å²) in [6.45, 7) is 2.49. The molecule has 0 spiro atoms. The molecule has 0 saturated carbocycles. The highest BCUT2D eigenvalue weighted by Gasteiger charge is 2.43. The van der Waals surface area contributed by atoms with Crippen molar-refractivity contribution in [3.63, 3.8) is 0 Å². The zero-order chi connectivity index (χ0) is 19.5. The number of benzene rings is 2. The van der Waals surface area contributed by atoms with Crippen molar-refractivity contribution >= 4 is 11.8 Å². The third-order valence-electron chi connectivity index (χ3n) is 5.87. The molecule has 2 aliphatic heterocycles. The van der Waals surface area contributed by atoms with E-state index in [2.05, 4.69) is 0 Å². The van der Waals surface area contributed by atoms with E-state index in [-0.39, 0.29) is 17.7 Å². The summed E-state index contributed by atoms with van der Waals surface area (Å²) < 4.78 is 5.98. The molecule has 5 heteroatoms. The van der Waals surface area contributed by atoms with Gasteiger partial charge in [0.05, 0.1) is 12.3 Å². The number of carbonyl (C=O) groups is 2. The van der Waals surface area contributed by atoms with Crippen molar-refractivity contribution in [2.45, 2.75) is 19.4 Å². The Bertz CT molecular complexity index is 852. The second-order valence-corrected chi connectivity index (χ2v) is 7.77. The van der Waals surface area contributed by atoms with Gasteiger partial charge in [-0.15, -0.1) is 0 Å². The van der Waals surface area contributed by atoms with E-state index in [0.29, 0.717) is 32.0 Å². The van der Waals surface area contributed by atoms with Crippen LogP contribution in [0.15, 0.2) is 54.6 Å². The molecule has 0 bridgehead atoms. The number of hydrogen-bond donors (Lipinski definition) is 0. The summed E-state index contributed by atoms with van der Waals surface area (Å²) in [7, 11) is 1.85. The molecule has 2 aromatic carbocycles. The number of carbonyl (C=O) groups excluding carboxylic acids is 2. The van der Waals surface area contributed by atoms with E-state index in [9.17, 15) is 9.59 Å². The molecule has 4 rings (SSSR count). The summed E-state index contributed by atoms with van der Waals surface area (Å²) >= 11 is 0. The minimum Gasteiger partial charge on any atom is -0.489 e. The van der Waals surface area contributed by atoms with Gasteiger partial charge < -0.3 is 14.5 Å². The average Bonchev–Trinajstić information content (AvgIpc) is 3.16. The Labute approximate surface area is 165 Å². The SMILES string of the molecule is CN1CC[C@@H]2CN(C(=O)Cc3ccccc3OCc3ccccc3)C[C@@H]2C1=O. The molecule has 2 saturated heterocycles. The number of amides is 2. The first kappa shape index (κ1) is 18.5. The van der Waals surface area contributed by atoms with Crippen LogP contribution >= 0.6 is 0 Å². The maximum absolute atomic E-state index is 12.9. The maximum atomic E-state index is 12.9. The molecule has 2 aromatic rings. The molecule has 2 amide bonds. The molecule has 0 radical (unpaired) electrons. The largest absolute Gasteiger partial charge is 0.489 e. The van der Waals surface area contributed by atoms with Crippen LogP contribution in [0.25, 0.3) is 0 Å². The fourth-order valence-corrected chi connectivity index (χ4v) is 4.20. The maximum Gasteiger partial charge on any atom is 0.227 e. The van der Waals surface area contributed by atoms with E-state index in [1.54, 1.807) is 4.90 Å². The second-order valence-electron chi connectivity index (χ2n) is 7.77. The monoisotopic (exact) mass is 378 g/mol. The molecule has 5 nitrogen and oxygen atoms in total. The number of para-hydroxylation sites is 1. The molecule has 2 fully saturated rings. The molecule has 0 unspecified atom stereocenters. The first-order chi connectivity index (χ1) is 13.6. The van der Waals surface area contributed by atoms with E-state index in [4.69, 9.17) is 4.74 Å². The lowest BCUT2D eigenvalue weighted by molar-refractivity contribution is -0.138. The lowest BCUT2D eigenvalue weighted by Crippen LogP contribution is -2.42. The fourth-order valence-electron chi connectivity index (χ4n) is 4.20. The number of piperidine rings is 1. The normalized spacial score (nSPS) is 21.5. The number of ether oxygens (including phenoxy) is 1. The van der Waals surface area contributed by atoms with Crippen LogP contribution in [-0.4, -0.2) is 48.3 Å². The highest BCUT2D eigenvalue weighted by Crippen LogP contribution is 2.32. The predicted molar refractivity (Wildman–Crippen MR) is 107 cm³/mol. The van der Waals surface area contributed by atoms with Gasteiger partial charge in [0, 0.05) is 32.2 Å². The van der Waals surface area contributed by atoms with Crippen LogP contribution in [0.4, 0.5) is 0 Å². The topological polar surface area (TPSA) is 49.9 Å². The van der Waals surface area contributed by atoms with Crippen molar-refractivity contribution in [3.05, 3.63) is 65.7 Å². The van der Waals surface area contributed by atoms with Gasteiger partial charge in [0.25, 0.3) is 0 Å². The van der Waals surface area contributed by atoms with Gasteiger partial charge in [0.2, 0.25) is 11.8 Å². The van der Waals surface area contributed by atoms with E-state index in [0.717, 1.165) is 29.8 Å².